The Hall–Kier alpha value is -2.33. The molecule has 1 aliphatic heterocycles. The van der Waals surface area contributed by atoms with Gasteiger partial charge in [-0.1, -0.05) is 23.4 Å². The molecule has 1 fully saturated rings. The first kappa shape index (κ1) is 21.4. The van der Waals surface area contributed by atoms with E-state index in [0.717, 1.165) is 25.2 Å². The van der Waals surface area contributed by atoms with Crippen molar-refractivity contribution >= 4 is 5.91 Å². The summed E-state index contributed by atoms with van der Waals surface area (Å²) < 4.78 is 20.4. The number of ether oxygens (including phenoxy) is 3. The number of carbonyl (C=O) groups is 1. The number of rotatable bonds is 10. The summed E-state index contributed by atoms with van der Waals surface area (Å²) in [4.78, 5) is 20.7. The number of hydrogen-bond acceptors (Lipinski definition) is 8. The standard InChI is InChI=1S/C20H28N4O5/c1-26-10-11-28-15-19(25)24-8-6-23(7-9-24)13-16-4-3-5-17(12-16)20-21-18(14-27-2)29-22-20/h3-5,12H,6-11,13-15H2,1-2H3. The molecule has 1 amide bonds. The molecule has 158 valence electrons. The van der Waals surface area contributed by atoms with Crippen LogP contribution in [0.5, 0.6) is 0 Å². The van der Waals surface area contributed by atoms with Crippen molar-refractivity contribution < 1.29 is 23.5 Å². The molecule has 0 aliphatic carbocycles. The second-order valence-corrected chi connectivity index (χ2v) is 6.85. The Morgan fingerprint density at radius 1 is 1.14 bits per heavy atom. The molecule has 0 unspecified atom stereocenters. The van der Waals surface area contributed by atoms with Crippen molar-refractivity contribution in [2.24, 2.45) is 0 Å². The van der Waals surface area contributed by atoms with Crippen LogP contribution < -0.4 is 0 Å². The van der Waals surface area contributed by atoms with Gasteiger partial charge in [0.15, 0.2) is 0 Å². The molecule has 3 rings (SSSR count). The third-order valence-corrected chi connectivity index (χ3v) is 4.71. The van der Waals surface area contributed by atoms with Crippen LogP contribution in [0.4, 0.5) is 0 Å². The zero-order chi connectivity index (χ0) is 20.5. The lowest BCUT2D eigenvalue weighted by atomic mass is 10.1. The normalized spacial score (nSPS) is 15.0. The third kappa shape index (κ3) is 6.33. The quantitative estimate of drug-likeness (QED) is 0.546. The molecule has 1 aliphatic rings. The summed E-state index contributed by atoms with van der Waals surface area (Å²) in [5.41, 5.74) is 2.08. The summed E-state index contributed by atoms with van der Waals surface area (Å²) in [6.45, 7) is 5.22. The van der Waals surface area contributed by atoms with E-state index in [-0.39, 0.29) is 12.5 Å². The van der Waals surface area contributed by atoms with Gasteiger partial charge in [-0.2, -0.15) is 4.98 Å². The van der Waals surface area contributed by atoms with Gasteiger partial charge in [0.05, 0.1) is 13.2 Å². The SMILES string of the molecule is COCCOCC(=O)N1CCN(Cc2cccc(-c3noc(COC)n3)c2)CC1. The highest BCUT2D eigenvalue weighted by Crippen LogP contribution is 2.19. The minimum Gasteiger partial charge on any atom is -0.382 e. The van der Waals surface area contributed by atoms with E-state index in [1.807, 2.05) is 17.0 Å². The molecule has 9 heteroatoms. The second-order valence-electron chi connectivity index (χ2n) is 6.85. The summed E-state index contributed by atoms with van der Waals surface area (Å²) in [6, 6.07) is 8.11. The first-order valence-electron chi connectivity index (χ1n) is 9.67. The fourth-order valence-electron chi connectivity index (χ4n) is 3.17. The number of nitrogens with zero attached hydrogens (tertiary/aromatic N) is 4. The van der Waals surface area contributed by atoms with Crippen molar-refractivity contribution in [3.05, 3.63) is 35.7 Å². The number of hydrogen-bond donors (Lipinski definition) is 0. The average Bonchev–Trinajstić information content (AvgIpc) is 3.21. The van der Waals surface area contributed by atoms with Crippen LogP contribution in [0.3, 0.4) is 0 Å². The summed E-state index contributed by atoms with van der Waals surface area (Å²) in [6.07, 6.45) is 0. The van der Waals surface area contributed by atoms with E-state index in [4.69, 9.17) is 18.7 Å². The largest absolute Gasteiger partial charge is 0.382 e. The van der Waals surface area contributed by atoms with Crippen molar-refractivity contribution in [1.82, 2.24) is 19.9 Å². The van der Waals surface area contributed by atoms with Gasteiger partial charge in [0, 0.05) is 52.5 Å². The monoisotopic (exact) mass is 404 g/mol. The molecule has 1 aromatic heterocycles. The first-order chi connectivity index (χ1) is 14.2. The fraction of sp³-hybridized carbons (Fsp3) is 0.550. The van der Waals surface area contributed by atoms with E-state index in [1.165, 1.54) is 5.56 Å². The van der Waals surface area contributed by atoms with E-state index in [1.54, 1.807) is 14.2 Å². The molecule has 2 heterocycles. The number of amides is 1. The molecule has 2 aromatic rings. The molecule has 9 nitrogen and oxygen atoms in total. The number of benzene rings is 1. The Balaban J connectivity index is 1.48. The van der Waals surface area contributed by atoms with Gasteiger partial charge in [0.1, 0.15) is 13.2 Å². The van der Waals surface area contributed by atoms with E-state index in [0.29, 0.717) is 44.6 Å². The van der Waals surface area contributed by atoms with Crippen LogP contribution in [0.1, 0.15) is 11.5 Å². The lowest BCUT2D eigenvalue weighted by molar-refractivity contribution is -0.138. The van der Waals surface area contributed by atoms with Gasteiger partial charge in [0.25, 0.3) is 5.89 Å². The first-order valence-corrected chi connectivity index (χ1v) is 9.67. The molecule has 1 aromatic carbocycles. The highest BCUT2D eigenvalue weighted by Gasteiger charge is 2.21. The van der Waals surface area contributed by atoms with Gasteiger partial charge in [-0.15, -0.1) is 0 Å². The smallest absolute Gasteiger partial charge is 0.252 e. The van der Waals surface area contributed by atoms with Crippen LogP contribution in [0.25, 0.3) is 11.4 Å². The Bertz CT molecular complexity index is 774. The maximum absolute atomic E-state index is 12.2. The third-order valence-electron chi connectivity index (χ3n) is 4.71. The van der Waals surface area contributed by atoms with Crippen LogP contribution in [-0.2, 0) is 32.2 Å². The highest BCUT2D eigenvalue weighted by atomic mass is 16.5. The van der Waals surface area contributed by atoms with Crippen LogP contribution in [-0.4, -0.2) is 86.1 Å². The van der Waals surface area contributed by atoms with Gasteiger partial charge < -0.3 is 23.6 Å². The molecular formula is C20H28N4O5. The number of methoxy groups -OCH3 is 2. The van der Waals surface area contributed by atoms with Crippen molar-refractivity contribution in [2.45, 2.75) is 13.2 Å². The summed E-state index contributed by atoms with van der Waals surface area (Å²) in [5, 5.41) is 4.01. The highest BCUT2D eigenvalue weighted by molar-refractivity contribution is 5.77. The minimum absolute atomic E-state index is 0.0340. The van der Waals surface area contributed by atoms with Gasteiger partial charge in [-0.3, -0.25) is 9.69 Å². The number of carbonyl (C=O) groups excluding carboxylic acids is 1. The van der Waals surface area contributed by atoms with Crippen molar-refractivity contribution in [3.63, 3.8) is 0 Å². The van der Waals surface area contributed by atoms with Crippen LogP contribution >= 0.6 is 0 Å². The summed E-state index contributed by atoms with van der Waals surface area (Å²) in [7, 11) is 3.20. The molecule has 0 N–H and O–H groups in total. The van der Waals surface area contributed by atoms with E-state index >= 15 is 0 Å². The lowest BCUT2D eigenvalue weighted by Crippen LogP contribution is -2.49. The Morgan fingerprint density at radius 2 is 1.97 bits per heavy atom. The van der Waals surface area contributed by atoms with Crippen molar-refractivity contribution in [1.29, 1.82) is 0 Å². The second kappa shape index (κ2) is 11.0. The van der Waals surface area contributed by atoms with Crippen LogP contribution in [0, 0.1) is 0 Å². The topological polar surface area (TPSA) is 90.2 Å². The fourth-order valence-corrected chi connectivity index (χ4v) is 3.17. The Morgan fingerprint density at radius 3 is 2.72 bits per heavy atom. The molecule has 0 radical (unpaired) electrons. The maximum Gasteiger partial charge on any atom is 0.252 e. The zero-order valence-corrected chi connectivity index (χ0v) is 17.0. The molecular weight excluding hydrogens is 376 g/mol. The summed E-state index contributed by atoms with van der Waals surface area (Å²) in [5.74, 6) is 1.05. The molecule has 29 heavy (non-hydrogen) atoms. The molecule has 0 bridgehead atoms. The minimum atomic E-state index is 0.0340. The molecule has 0 atom stereocenters. The number of piperazine rings is 1. The molecule has 0 spiro atoms. The van der Waals surface area contributed by atoms with Crippen molar-refractivity contribution in [3.8, 4) is 11.4 Å². The number of aromatic nitrogens is 2. The lowest BCUT2D eigenvalue weighted by Gasteiger charge is -2.34. The van der Waals surface area contributed by atoms with E-state index in [9.17, 15) is 4.79 Å². The predicted octanol–water partition coefficient (Wildman–Crippen LogP) is 1.19. The predicted molar refractivity (Wildman–Crippen MR) is 105 cm³/mol. The Labute approximate surface area is 170 Å². The van der Waals surface area contributed by atoms with Gasteiger partial charge in [0.2, 0.25) is 11.7 Å². The van der Waals surface area contributed by atoms with Gasteiger partial charge in [-0.05, 0) is 11.6 Å². The van der Waals surface area contributed by atoms with Gasteiger partial charge in [-0.25, -0.2) is 0 Å². The molecule has 0 saturated carbocycles. The van der Waals surface area contributed by atoms with Crippen molar-refractivity contribution in [2.75, 3.05) is 60.2 Å². The maximum atomic E-state index is 12.2. The average molecular weight is 404 g/mol. The van der Waals surface area contributed by atoms with E-state index in [2.05, 4.69) is 27.2 Å². The van der Waals surface area contributed by atoms with Gasteiger partial charge >= 0.3 is 0 Å². The van der Waals surface area contributed by atoms with E-state index < -0.39 is 0 Å². The van der Waals surface area contributed by atoms with Crippen LogP contribution in [0.2, 0.25) is 0 Å². The zero-order valence-electron chi connectivity index (χ0n) is 17.0. The van der Waals surface area contributed by atoms with Crippen LogP contribution in [0.15, 0.2) is 28.8 Å². The summed E-state index contributed by atoms with van der Waals surface area (Å²) >= 11 is 0. The Kier molecular flexibility index (Phi) is 8.12. The molecule has 1 saturated heterocycles.